The third-order valence-electron chi connectivity index (χ3n) is 3.02. The van der Waals surface area contributed by atoms with Crippen LogP contribution in [0.1, 0.15) is 31.7 Å². The van der Waals surface area contributed by atoms with E-state index in [0.29, 0.717) is 10.6 Å². The summed E-state index contributed by atoms with van der Waals surface area (Å²) in [6.45, 7) is 2.18. The SMILES string of the molecule is CC1(Nc2cccc(Cl)c2C#N)CCC1. The zero-order valence-corrected chi connectivity index (χ0v) is 9.43. The Bertz CT molecular complexity index is 416. The van der Waals surface area contributed by atoms with E-state index in [2.05, 4.69) is 18.3 Å². The van der Waals surface area contributed by atoms with Crippen LogP contribution in [0.15, 0.2) is 18.2 Å². The number of halogens is 1. The second-order valence-electron chi connectivity index (χ2n) is 4.31. The maximum Gasteiger partial charge on any atom is 0.103 e. The molecule has 3 heteroatoms. The van der Waals surface area contributed by atoms with E-state index in [1.807, 2.05) is 12.1 Å². The number of nitrogens with one attached hydrogen (secondary N) is 1. The lowest BCUT2D eigenvalue weighted by molar-refractivity contribution is 0.306. The minimum atomic E-state index is 0.149. The van der Waals surface area contributed by atoms with Crippen LogP contribution in [0.3, 0.4) is 0 Å². The number of rotatable bonds is 2. The molecule has 0 saturated heterocycles. The van der Waals surface area contributed by atoms with E-state index >= 15 is 0 Å². The van der Waals surface area contributed by atoms with Crippen LogP contribution in [0.25, 0.3) is 0 Å². The molecule has 2 nitrogen and oxygen atoms in total. The first-order chi connectivity index (χ1) is 7.14. The monoisotopic (exact) mass is 220 g/mol. The lowest BCUT2D eigenvalue weighted by Gasteiger charge is -2.40. The first-order valence-electron chi connectivity index (χ1n) is 5.11. The molecule has 1 aliphatic rings. The van der Waals surface area contributed by atoms with Crippen molar-refractivity contribution in [1.29, 1.82) is 5.26 Å². The molecule has 2 rings (SSSR count). The quantitative estimate of drug-likeness (QED) is 0.827. The van der Waals surface area contributed by atoms with E-state index in [9.17, 15) is 0 Å². The van der Waals surface area contributed by atoms with Crippen molar-refractivity contribution in [3.8, 4) is 6.07 Å². The number of hydrogen-bond donors (Lipinski definition) is 1. The Labute approximate surface area is 94.9 Å². The molecular weight excluding hydrogens is 208 g/mol. The van der Waals surface area contributed by atoms with E-state index in [0.717, 1.165) is 18.5 Å². The summed E-state index contributed by atoms with van der Waals surface area (Å²) >= 11 is 5.96. The van der Waals surface area contributed by atoms with Crippen LogP contribution in [0.4, 0.5) is 5.69 Å². The van der Waals surface area contributed by atoms with Gasteiger partial charge in [-0.1, -0.05) is 17.7 Å². The van der Waals surface area contributed by atoms with Gasteiger partial charge in [0.25, 0.3) is 0 Å². The highest BCUT2D eigenvalue weighted by atomic mass is 35.5. The van der Waals surface area contributed by atoms with Crippen molar-refractivity contribution in [2.75, 3.05) is 5.32 Å². The minimum absolute atomic E-state index is 0.149. The number of hydrogen-bond acceptors (Lipinski definition) is 2. The van der Waals surface area contributed by atoms with Crippen LogP contribution in [-0.4, -0.2) is 5.54 Å². The van der Waals surface area contributed by atoms with Crippen LogP contribution in [0, 0.1) is 11.3 Å². The number of nitriles is 1. The molecule has 0 aliphatic heterocycles. The molecule has 78 valence electrons. The molecule has 0 radical (unpaired) electrons. The zero-order valence-electron chi connectivity index (χ0n) is 8.68. The van der Waals surface area contributed by atoms with Crippen molar-refractivity contribution >= 4 is 17.3 Å². The van der Waals surface area contributed by atoms with E-state index in [1.54, 1.807) is 6.07 Å². The van der Waals surface area contributed by atoms with Crippen LogP contribution in [-0.2, 0) is 0 Å². The Morgan fingerprint density at radius 2 is 2.20 bits per heavy atom. The van der Waals surface area contributed by atoms with Crippen molar-refractivity contribution in [2.45, 2.75) is 31.7 Å². The smallest absolute Gasteiger partial charge is 0.103 e. The standard InChI is InChI=1S/C12H13ClN2/c1-12(6-3-7-12)15-11-5-2-4-10(13)9(11)8-14/h2,4-5,15H,3,6-7H2,1H3. The van der Waals surface area contributed by atoms with Crippen molar-refractivity contribution in [1.82, 2.24) is 0 Å². The third kappa shape index (κ3) is 1.93. The molecule has 0 amide bonds. The topological polar surface area (TPSA) is 35.8 Å². The molecule has 0 aromatic heterocycles. The van der Waals surface area contributed by atoms with E-state index in [4.69, 9.17) is 16.9 Å². The van der Waals surface area contributed by atoms with Crippen molar-refractivity contribution in [2.24, 2.45) is 0 Å². The normalized spacial score (nSPS) is 17.7. The summed E-state index contributed by atoms with van der Waals surface area (Å²) in [5.41, 5.74) is 1.55. The molecule has 1 aliphatic carbocycles. The average molecular weight is 221 g/mol. The highest BCUT2D eigenvalue weighted by molar-refractivity contribution is 6.32. The Morgan fingerprint density at radius 1 is 1.47 bits per heavy atom. The average Bonchev–Trinajstić information content (AvgIpc) is 2.16. The maximum atomic E-state index is 9.01. The summed E-state index contributed by atoms with van der Waals surface area (Å²) in [4.78, 5) is 0. The Kier molecular flexibility index (Phi) is 2.58. The van der Waals surface area contributed by atoms with Crippen LogP contribution in [0.2, 0.25) is 5.02 Å². The fourth-order valence-corrected chi connectivity index (χ4v) is 2.12. The van der Waals surface area contributed by atoms with Crippen LogP contribution >= 0.6 is 11.6 Å². The molecule has 1 N–H and O–H groups in total. The Morgan fingerprint density at radius 3 is 2.73 bits per heavy atom. The molecule has 1 aromatic carbocycles. The molecule has 1 fully saturated rings. The van der Waals surface area contributed by atoms with Crippen molar-refractivity contribution in [3.63, 3.8) is 0 Å². The fraction of sp³-hybridized carbons (Fsp3) is 0.417. The first-order valence-corrected chi connectivity index (χ1v) is 5.49. The van der Waals surface area contributed by atoms with Crippen LogP contribution < -0.4 is 5.32 Å². The first kappa shape index (κ1) is 10.3. The molecule has 0 unspecified atom stereocenters. The molecule has 1 saturated carbocycles. The van der Waals surface area contributed by atoms with Gasteiger partial charge in [0.1, 0.15) is 6.07 Å². The lowest BCUT2D eigenvalue weighted by atomic mass is 9.78. The van der Waals surface area contributed by atoms with Crippen LogP contribution in [0.5, 0.6) is 0 Å². The molecular formula is C12H13ClN2. The second-order valence-corrected chi connectivity index (χ2v) is 4.72. The largest absolute Gasteiger partial charge is 0.379 e. The van der Waals surface area contributed by atoms with Crippen molar-refractivity contribution in [3.05, 3.63) is 28.8 Å². The molecule has 1 aromatic rings. The predicted molar refractivity (Wildman–Crippen MR) is 62.0 cm³/mol. The van der Waals surface area contributed by atoms with Gasteiger partial charge in [0, 0.05) is 5.54 Å². The van der Waals surface area contributed by atoms with Gasteiger partial charge in [0.05, 0.1) is 16.3 Å². The van der Waals surface area contributed by atoms with Gasteiger partial charge in [-0.25, -0.2) is 0 Å². The van der Waals surface area contributed by atoms with E-state index < -0.39 is 0 Å². The van der Waals surface area contributed by atoms with Gasteiger partial charge in [-0.2, -0.15) is 5.26 Å². The zero-order chi connectivity index (χ0) is 10.9. The minimum Gasteiger partial charge on any atom is -0.379 e. The summed E-state index contributed by atoms with van der Waals surface area (Å²) in [6.07, 6.45) is 3.57. The molecule has 0 bridgehead atoms. The summed E-state index contributed by atoms with van der Waals surface area (Å²) in [7, 11) is 0. The highest BCUT2D eigenvalue weighted by Gasteiger charge is 2.32. The summed E-state index contributed by atoms with van der Waals surface area (Å²) in [5.74, 6) is 0. The molecule has 0 spiro atoms. The third-order valence-corrected chi connectivity index (χ3v) is 3.33. The fourth-order valence-electron chi connectivity index (χ4n) is 1.90. The lowest BCUT2D eigenvalue weighted by Crippen LogP contribution is -2.41. The molecule has 0 atom stereocenters. The van der Waals surface area contributed by atoms with E-state index in [1.165, 1.54) is 6.42 Å². The van der Waals surface area contributed by atoms with E-state index in [-0.39, 0.29) is 5.54 Å². The Balaban J connectivity index is 2.28. The number of benzene rings is 1. The van der Waals surface area contributed by atoms with Gasteiger partial charge >= 0.3 is 0 Å². The maximum absolute atomic E-state index is 9.01. The summed E-state index contributed by atoms with van der Waals surface area (Å²) in [6, 6.07) is 7.66. The second kappa shape index (κ2) is 3.75. The van der Waals surface area contributed by atoms with Gasteiger partial charge in [0.15, 0.2) is 0 Å². The molecule has 0 heterocycles. The summed E-state index contributed by atoms with van der Waals surface area (Å²) < 4.78 is 0. The van der Waals surface area contributed by atoms with Gasteiger partial charge in [-0.3, -0.25) is 0 Å². The predicted octanol–water partition coefficient (Wildman–Crippen LogP) is 3.57. The highest BCUT2D eigenvalue weighted by Crippen LogP contribution is 2.36. The van der Waals surface area contributed by atoms with Gasteiger partial charge in [-0.15, -0.1) is 0 Å². The van der Waals surface area contributed by atoms with Gasteiger partial charge in [-0.05, 0) is 38.3 Å². The number of nitrogens with zero attached hydrogens (tertiary/aromatic N) is 1. The van der Waals surface area contributed by atoms with Gasteiger partial charge < -0.3 is 5.32 Å². The Hall–Kier alpha value is -1.20. The molecule has 15 heavy (non-hydrogen) atoms. The number of anilines is 1. The van der Waals surface area contributed by atoms with Crippen molar-refractivity contribution < 1.29 is 0 Å². The van der Waals surface area contributed by atoms with Gasteiger partial charge in [0.2, 0.25) is 0 Å². The summed E-state index contributed by atoms with van der Waals surface area (Å²) in [5, 5.41) is 12.9.